The minimum Gasteiger partial charge on any atom is -0.434 e. The maximum absolute atomic E-state index is 12.9. The minimum absolute atomic E-state index is 0.112. The van der Waals surface area contributed by atoms with Gasteiger partial charge >= 0.3 is 6.61 Å². The van der Waals surface area contributed by atoms with Gasteiger partial charge in [0, 0.05) is 11.3 Å². The molecule has 31 heavy (non-hydrogen) atoms. The summed E-state index contributed by atoms with van der Waals surface area (Å²) < 4.78 is 32.3. The molecule has 1 aliphatic rings. The van der Waals surface area contributed by atoms with Crippen LogP contribution in [-0.2, 0) is 0 Å². The molecule has 0 fully saturated rings. The molecule has 5 nitrogen and oxygen atoms in total. The van der Waals surface area contributed by atoms with E-state index in [1.807, 2.05) is 36.4 Å². The molecule has 0 saturated carbocycles. The molecule has 1 aliphatic heterocycles. The van der Waals surface area contributed by atoms with Gasteiger partial charge in [0.1, 0.15) is 18.1 Å². The smallest absolute Gasteiger partial charge is 0.387 e. The number of rotatable bonds is 5. The number of halogens is 2. The van der Waals surface area contributed by atoms with Crippen LogP contribution < -0.4 is 10.1 Å². The largest absolute Gasteiger partial charge is 0.434 e. The van der Waals surface area contributed by atoms with Crippen LogP contribution in [0, 0.1) is 0 Å². The molecule has 1 atom stereocenters. The van der Waals surface area contributed by atoms with Crippen molar-refractivity contribution in [2.75, 3.05) is 5.32 Å². The number of anilines is 1. The predicted octanol–water partition coefficient (Wildman–Crippen LogP) is 5.60. The maximum Gasteiger partial charge on any atom is 0.387 e. The molecule has 4 aromatic rings. The quantitative estimate of drug-likeness (QED) is 0.460. The van der Waals surface area contributed by atoms with Gasteiger partial charge in [0.15, 0.2) is 0 Å². The number of benzene rings is 3. The van der Waals surface area contributed by atoms with E-state index < -0.39 is 12.7 Å². The number of hydrogen-bond donors (Lipinski definition) is 1. The molecule has 0 spiro atoms. The first kappa shape index (κ1) is 19.0. The van der Waals surface area contributed by atoms with Crippen molar-refractivity contribution in [1.29, 1.82) is 0 Å². The van der Waals surface area contributed by atoms with E-state index in [1.165, 1.54) is 12.4 Å². The summed E-state index contributed by atoms with van der Waals surface area (Å²) in [5.41, 5.74) is 4.59. The number of hydrogen-bond acceptors (Lipinski definition) is 4. The van der Waals surface area contributed by atoms with Gasteiger partial charge in [-0.3, -0.25) is 0 Å². The third-order valence-corrected chi connectivity index (χ3v) is 5.16. The Bertz CT molecular complexity index is 1220. The zero-order chi connectivity index (χ0) is 21.2. The average Bonchev–Trinajstić information content (AvgIpc) is 3.28. The average molecular weight is 416 g/mol. The molecule has 0 aliphatic carbocycles. The van der Waals surface area contributed by atoms with Gasteiger partial charge in [-0.05, 0) is 28.8 Å². The lowest BCUT2D eigenvalue weighted by atomic mass is 9.99. The molecule has 5 rings (SSSR count). The summed E-state index contributed by atoms with van der Waals surface area (Å²) in [4.78, 5) is 4.27. The van der Waals surface area contributed by atoms with Gasteiger partial charge in [0.05, 0.1) is 0 Å². The molecule has 0 radical (unpaired) electrons. The van der Waals surface area contributed by atoms with Crippen molar-refractivity contribution in [2.45, 2.75) is 12.7 Å². The Balaban J connectivity index is 1.53. The van der Waals surface area contributed by atoms with E-state index in [0.717, 1.165) is 22.4 Å². The van der Waals surface area contributed by atoms with Crippen molar-refractivity contribution in [2.24, 2.45) is 0 Å². The summed E-state index contributed by atoms with van der Waals surface area (Å²) in [6, 6.07) is 24.5. The zero-order valence-corrected chi connectivity index (χ0v) is 16.3. The first-order chi connectivity index (χ1) is 15.2. The van der Waals surface area contributed by atoms with Gasteiger partial charge in [-0.15, -0.1) is 0 Å². The van der Waals surface area contributed by atoms with Crippen molar-refractivity contribution in [1.82, 2.24) is 14.8 Å². The van der Waals surface area contributed by atoms with Crippen LogP contribution in [-0.4, -0.2) is 21.4 Å². The fourth-order valence-electron chi connectivity index (χ4n) is 3.72. The van der Waals surface area contributed by atoms with E-state index in [0.29, 0.717) is 11.5 Å². The van der Waals surface area contributed by atoms with E-state index in [9.17, 15) is 8.78 Å². The number of ether oxygens (including phenoxy) is 1. The topological polar surface area (TPSA) is 52.0 Å². The Morgan fingerprint density at radius 3 is 2.29 bits per heavy atom. The van der Waals surface area contributed by atoms with Crippen LogP contribution in [0.3, 0.4) is 0 Å². The van der Waals surface area contributed by atoms with Crippen LogP contribution in [0.4, 0.5) is 14.7 Å². The van der Waals surface area contributed by atoms with Crippen LogP contribution in [0.5, 0.6) is 5.75 Å². The molecular weight excluding hydrogens is 398 g/mol. The van der Waals surface area contributed by atoms with Crippen molar-refractivity contribution in [3.8, 4) is 16.9 Å². The van der Waals surface area contributed by atoms with Crippen LogP contribution >= 0.6 is 0 Å². The number of nitrogens with zero attached hydrogens (tertiary/aromatic N) is 3. The van der Waals surface area contributed by atoms with Crippen LogP contribution in [0.1, 0.15) is 17.2 Å². The molecule has 7 heteroatoms. The molecule has 2 heterocycles. The van der Waals surface area contributed by atoms with Gasteiger partial charge in [-0.25, -0.2) is 4.68 Å². The highest BCUT2D eigenvalue weighted by Gasteiger charge is 2.26. The lowest BCUT2D eigenvalue weighted by Gasteiger charge is -2.25. The van der Waals surface area contributed by atoms with E-state index in [4.69, 9.17) is 4.74 Å². The molecule has 1 aromatic heterocycles. The van der Waals surface area contributed by atoms with Gasteiger partial charge in [-0.1, -0.05) is 72.8 Å². The molecular formula is C24H18F2N4O. The third kappa shape index (κ3) is 3.77. The fourth-order valence-corrected chi connectivity index (χ4v) is 3.72. The van der Waals surface area contributed by atoms with Crippen LogP contribution in [0.15, 0.2) is 91.3 Å². The van der Waals surface area contributed by atoms with E-state index in [2.05, 4.69) is 39.7 Å². The number of nitrogens with one attached hydrogen (secondary N) is 1. The van der Waals surface area contributed by atoms with E-state index >= 15 is 0 Å². The highest BCUT2D eigenvalue weighted by Crippen LogP contribution is 2.36. The number of fused-ring (bicyclic) bond motifs is 1. The van der Waals surface area contributed by atoms with Crippen molar-refractivity contribution >= 4 is 11.6 Å². The minimum atomic E-state index is -2.91. The van der Waals surface area contributed by atoms with Gasteiger partial charge in [0.2, 0.25) is 5.95 Å². The molecule has 0 unspecified atom stereocenters. The lowest BCUT2D eigenvalue weighted by Crippen LogP contribution is -2.21. The highest BCUT2D eigenvalue weighted by atomic mass is 19.3. The van der Waals surface area contributed by atoms with Crippen LogP contribution in [0.2, 0.25) is 0 Å². The normalized spacial score (nSPS) is 15.2. The second kappa shape index (κ2) is 8.02. The van der Waals surface area contributed by atoms with Gasteiger partial charge in [-0.2, -0.15) is 18.9 Å². The highest BCUT2D eigenvalue weighted by molar-refractivity contribution is 5.78. The Hall–Kier alpha value is -4.00. The Morgan fingerprint density at radius 2 is 1.52 bits per heavy atom. The molecule has 1 N–H and O–H groups in total. The molecule has 0 amide bonds. The number of aromatic nitrogens is 3. The molecule has 0 bridgehead atoms. The third-order valence-electron chi connectivity index (χ3n) is 5.16. The fraction of sp³-hybridized carbons (Fsp3) is 0.0833. The molecule has 154 valence electrons. The zero-order valence-electron chi connectivity index (χ0n) is 16.3. The Labute approximate surface area is 177 Å². The SMILES string of the molecule is FC(F)Oc1ccccc1[C@@H]1C=C(c2ccc(-c3ccccc3)cc2)Nc2ncnn21. The van der Waals surface area contributed by atoms with Gasteiger partial charge < -0.3 is 10.1 Å². The monoisotopic (exact) mass is 416 g/mol. The molecule has 3 aromatic carbocycles. The standard InChI is InChI=1S/C24H18F2N4O/c25-23(26)31-22-9-5-4-8-19(22)21-14-20(29-24-27-15-28-30(21)24)18-12-10-17(11-13-18)16-6-2-1-3-7-16/h1-15,21,23H,(H,27,28,29)/t21-/m0/s1. The summed E-state index contributed by atoms with van der Waals surface area (Å²) in [5, 5.41) is 7.55. The second-order valence-corrected chi connectivity index (χ2v) is 7.04. The van der Waals surface area contributed by atoms with Crippen LogP contribution in [0.25, 0.3) is 16.8 Å². The Kier molecular flexibility index (Phi) is 4.92. The molecule has 0 saturated heterocycles. The van der Waals surface area contributed by atoms with E-state index in [-0.39, 0.29) is 5.75 Å². The summed E-state index contributed by atoms with van der Waals surface area (Å²) in [5.74, 6) is 0.641. The summed E-state index contributed by atoms with van der Waals surface area (Å²) in [6.07, 6.45) is 3.37. The van der Waals surface area contributed by atoms with E-state index in [1.54, 1.807) is 22.9 Å². The van der Waals surface area contributed by atoms with Crippen molar-refractivity contribution in [3.63, 3.8) is 0 Å². The first-order valence-electron chi connectivity index (χ1n) is 9.77. The number of alkyl halides is 2. The maximum atomic E-state index is 12.9. The summed E-state index contributed by atoms with van der Waals surface area (Å²) >= 11 is 0. The van der Waals surface area contributed by atoms with Crippen molar-refractivity contribution in [3.05, 3.63) is 102 Å². The number of allylic oxidation sites excluding steroid dienone is 1. The summed E-state index contributed by atoms with van der Waals surface area (Å²) in [6.45, 7) is -2.91. The Morgan fingerprint density at radius 1 is 0.839 bits per heavy atom. The van der Waals surface area contributed by atoms with Crippen molar-refractivity contribution < 1.29 is 13.5 Å². The summed E-state index contributed by atoms with van der Waals surface area (Å²) in [7, 11) is 0. The number of para-hydroxylation sites is 1. The predicted molar refractivity (Wildman–Crippen MR) is 115 cm³/mol. The van der Waals surface area contributed by atoms with Gasteiger partial charge in [0.25, 0.3) is 0 Å². The lowest BCUT2D eigenvalue weighted by molar-refractivity contribution is -0.0506. The first-order valence-corrected chi connectivity index (χ1v) is 9.77. The second-order valence-electron chi connectivity index (χ2n) is 7.04.